The number of rotatable bonds is 4. The van der Waals surface area contributed by atoms with Gasteiger partial charge in [0.05, 0.1) is 10.6 Å². The molecule has 0 bridgehead atoms. The van der Waals surface area contributed by atoms with Gasteiger partial charge in [0.1, 0.15) is 4.90 Å². The monoisotopic (exact) mass is 408 g/mol. The minimum atomic E-state index is -4.10. The van der Waals surface area contributed by atoms with E-state index in [9.17, 15) is 18.0 Å². The van der Waals surface area contributed by atoms with Crippen LogP contribution in [0.1, 0.15) is 22.8 Å². The predicted octanol–water partition coefficient (Wildman–Crippen LogP) is 2.12. The molecule has 3 rings (SSSR count). The fourth-order valence-electron chi connectivity index (χ4n) is 2.91. The first kappa shape index (κ1) is 19.3. The van der Waals surface area contributed by atoms with Gasteiger partial charge >= 0.3 is 5.97 Å². The van der Waals surface area contributed by atoms with Gasteiger partial charge in [-0.1, -0.05) is 29.8 Å². The smallest absolute Gasteiger partial charge is 0.338 e. The molecule has 27 heavy (non-hydrogen) atoms. The number of halogens is 1. The molecule has 0 unspecified atom stereocenters. The topological polar surface area (TPSA) is 107 Å². The van der Waals surface area contributed by atoms with Crippen LogP contribution >= 0.6 is 11.6 Å². The molecule has 0 aliphatic carbocycles. The molecule has 2 N–H and O–H groups in total. The number of ether oxygens (including phenoxy) is 1. The summed E-state index contributed by atoms with van der Waals surface area (Å²) in [4.78, 5) is 26.2. The van der Waals surface area contributed by atoms with Crippen molar-refractivity contribution < 1.29 is 22.7 Å². The van der Waals surface area contributed by atoms with Crippen LogP contribution in [0.3, 0.4) is 0 Å². The Kier molecular flexibility index (Phi) is 5.23. The van der Waals surface area contributed by atoms with Gasteiger partial charge in [-0.05, 0) is 43.2 Å². The number of sulfonamides is 1. The number of esters is 1. The van der Waals surface area contributed by atoms with E-state index in [1.807, 2.05) is 24.3 Å². The summed E-state index contributed by atoms with van der Waals surface area (Å²) in [5, 5.41) is 4.97. The molecule has 0 saturated carbocycles. The molecule has 1 aliphatic rings. The third-order valence-corrected chi connectivity index (χ3v) is 5.65. The van der Waals surface area contributed by atoms with Crippen LogP contribution in [0.4, 0.5) is 5.69 Å². The number of fused-ring (bicyclic) bond motifs is 1. The summed E-state index contributed by atoms with van der Waals surface area (Å²) in [5.74, 6) is -1.20. The zero-order valence-corrected chi connectivity index (χ0v) is 16.0. The van der Waals surface area contributed by atoms with E-state index in [1.165, 1.54) is 19.1 Å². The van der Waals surface area contributed by atoms with Gasteiger partial charge in [-0.2, -0.15) is 0 Å². The van der Waals surface area contributed by atoms with E-state index in [2.05, 4.69) is 0 Å². The van der Waals surface area contributed by atoms with Crippen LogP contribution < -0.4 is 10.0 Å². The fourth-order valence-corrected chi connectivity index (χ4v) is 3.99. The Morgan fingerprint density at radius 1 is 1.22 bits per heavy atom. The van der Waals surface area contributed by atoms with Crippen molar-refractivity contribution in [2.75, 3.05) is 11.4 Å². The van der Waals surface area contributed by atoms with Crippen LogP contribution in [0.2, 0.25) is 5.02 Å². The number of hydrogen-bond acceptors (Lipinski definition) is 5. The summed E-state index contributed by atoms with van der Waals surface area (Å²) in [6.07, 6.45) is -0.311. The maximum Gasteiger partial charge on any atom is 0.338 e. The van der Waals surface area contributed by atoms with Crippen LogP contribution in [0, 0.1) is 0 Å². The highest BCUT2D eigenvalue weighted by molar-refractivity contribution is 7.89. The Hall–Kier alpha value is -2.42. The molecular weight excluding hydrogens is 392 g/mol. The number of benzene rings is 2. The Bertz CT molecular complexity index is 1020. The van der Waals surface area contributed by atoms with Crippen molar-refractivity contribution >= 4 is 39.2 Å². The lowest BCUT2D eigenvalue weighted by atomic mass is 10.2. The van der Waals surface area contributed by atoms with E-state index in [4.69, 9.17) is 21.5 Å². The molecule has 1 atom stereocenters. The van der Waals surface area contributed by atoms with E-state index < -0.39 is 22.1 Å². The van der Waals surface area contributed by atoms with Crippen molar-refractivity contribution in [1.82, 2.24) is 0 Å². The number of amides is 1. The second kappa shape index (κ2) is 7.30. The van der Waals surface area contributed by atoms with Crippen LogP contribution in [0.5, 0.6) is 0 Å². The highest BCUT2D eigenvalue weighted by atomic mass is 35.5. The quantitative estimate of drug-likeness (QED) is 0.780. The number of nitrogens with two attached hydrogens (primary N) is 1. The lowest BCUT2D eigenvalue weighted by Crippen LogP contribution is -2.39. The van der Waals surface area contributed by atoms with E-state index in [1.54, 1.807) is 4.90 Å². The van der Waals surface area contributed by atoms with Gasteiger partial charge in [-0.15, -0.1) is 0 Å². The minimum absolute atomic E-state index is 0.0649. The molecule has 0 aromatic heterocycles. The van der Waals surface area contributed by atoms with Gasteiger partial charge in [0.2, 0.25) is 10.0 Å². The molecule has 1 aliphatic heterocycles. The zero-order valence-electron chi connectivity index (χ0n) is 14.4. The van der Waals surface area contributed by atoms with Crippen molar-refractivity contribution in [1.29, 1.82) is 0 Å². The van der Waals surface area contributed by atoms with Gasteiger partial charge in [-0.3, -0.25) is 4.79 Å². The second-order valence-electron chi connectivity index (χ2n) is 6.11. The molecular formula is C18H17ClN2O5S. The van der Waals surface area contributed by atoms with Gasteiger partial charge < -0.3 is 9.64 Å². The van der Waals surface area contributed by atoms with Crippen LogP contribution in [-0.2, 0) is 26.0 Å². The third-order valence-electron chi connectivity index (χ3n) is 4.26. The molecule has 2 aromatic carbocycles. The van der Waals surface area contributed by atoms with E-state index in [0.717, 1.165) is 23.7 Å². The zero-order chi connectivity index (χ0) is 19.8. The van der Waals surface area contributed by atoms with Gasteiger partial charge in [0, 0.05) is 12.2 Å². The summed E-state index contributed by atoms with van der Waals surface area (Å²) in [6.45, 7) is 1.98. The third kappa shape index (κ3) is 3.97. The Balaban J connectivity index is 1.76. The largest absolute Gasteiger partial charge is 0.449 e. The highest BCUT2D eigenvalue weighted by Crippen LogP contribution is 2.28. The molecule has 1 heterocycles. The van der Waals surface area contributed by atoms with Crippen LogP contribution in [0.15, 0.2) is 47.4 Å². The summed E-state index contributed by atoms with van der Waals surface area (Å²) in [7, 11) is -4.10. The molecule has 1 amide bonds. The van der Waals surface area contributed by atoms with Gasteiger partial charge in [0.25, 0.3) is 5.91 Å². The van der Waals surface area contributed by atoms with E-state index in [-0.39, 0.29) is 21.4 Å². The fraction of sp³-hybridized carbons (Fsp3) is 0.222. The van der Waals surface area contributed by atoms with Crippen molar-refractivity contribution in [2.45, 2.75) is 24.3 Å². The average molecular weight is 409 g/mol. The molecule has 9 heteroatoms. The number of hydrogen-bond donors (Lipinski definition) is 1. The number of carbonyl (C=O) groups is 2. The molecule has 0 fully saturated rings. The lowest BCUT2D eigenvalue weighted by molar-refractivity contribution is -0.126. The summed E-state index contributed by atoms with van der Waals surface area (Å²) in [5.41, 5.74) is 1.79. The molecule has 2 aromatic rings. The van der Waals surface area contributed by atoms with Crippen LogP contribution in [0.25, 0.3) is 0 Å². The number of nitrogens with zero attached hydrogens (tertiary/aromatic N) is 1. The normalized spacial score (nSPS) is 14.6. The van der Waals surface area contributed by atoms with E-state index >= 15 is 0 Å². The second-order valence-corrected chi connectivity index (χ2v) is 8.04. The Labute approximate surface area is 161 Å². The maximum atomic E-state index is 12.7. The first-order valence-corrected chi connectivity index (χ1v) is 10.0. The van der Waals surface area contributed by atoms with Crippen molar-refractivity contribution in [3.8, 4) is 0 Å². The van der Waals surface area contributed by atoms with Crippen molar-refractivity contribution in [2.24, 2.45) is 5.14 Å². The molecule has 0 saturated heterocycles. The number of primary sulfonamides is 1. The minimum Gasteiger partial charge on any atom is -0.449 e. The van der Waals surface area contributed by atoms with Crippen LogP contribution in [-0.4, -0.2) is 32.9 Å². The molecule has 0 radical (unpaired) electrons. The molecule has 0 spiro atoms. The maximum absolute atomic E-state index is 12.7. The predicted molar refractivity (Wildman–Crippen MR) is 100 cm³/mol. The number of carbonyl (C=O) groups excluding carboxylic acids is 2. The van der Waals surface area contributed by atoms with Crippen molar-refractivity contribution in [3.63, 3.8) is 0 Å². The van der Waals surface area contributed by atoms with Crippen molar-refractivity contribution in [3.05, 3.63) is 58.6 Å². The Morgan fingerprint density at radius 3 is 2.63 bits per heavy atom. The van der Waals surface area contributed by atoms with Gasteiger partial charge in [0.15, 0.2) is 6.10 Å². The Morgan fingerprint density at radius 2 is 1.93 bits per heavy atom. The van der Waals surface area contributed by atoms with E-state index in [0.29, 0.717) is 6.54 Å². The molecule has 142 valence electrons. The highest BCUT2D eigenvalue weighted by Gasteiger charge is 2.30. The number of anilines is 1. The average Bonchev–Trinajstić information content (AvgIpc) is 3.04. The lowest BCUT2D eigenvalue weighted by Gasteiger charge is -2.21. The molecule has 7 nitrogen and oxygen atoms in total. The van der Waals surface area contributed by atoms with Gasteiger partial charge in [-0.25, -0.2) is 18.4 Å². The summed E-state index contributed by atoms with van der Waals surface area (Å²) in [6, 6.07) is 11.1. The first-order valence-electron chi connectivity index (χ1n) is 8.11. The SMILES string of the molecule is C[C@H](OC(=O)c1ccc(Cl)c(S(N)(=O)=O)c1)C(=O)N1CCc2ccccc21. The summed E-state index contributed by atoms with van der Waals surface area (Å²) < 4.78 is 28.3. The number of para-hydroxylation sites is 1. The standard InChI is InChI=1S/C18H17ClN2O5S/c1-11(17(22)21-9-8-12-4-2-3-5-15(12)21)26-18(23)13-6-7-14(19)16(10-13)27(20,24)25/h2-7,10-11H,8-9H2,1H3,(H2,20,24,25)/t11-/m0/s1. The summed E-state index contributed by atoms with van der Waals surface area (Å²) >= 11 is 5.80. The first-order chi connectivity index (χ1) is 12.7.